The summed E-state index contributed by atoms with van der Waals surface area (Å²) in [4.78, 5) is 0. The van der Waals surface area contributed by atoms with Gasteiger partial charge in [0.05, 0.1) is 0 Å². The number of rotatable bonds is 39. The molecule has 0 amide bonds. The van der Waals surface area contributed by atoms with Crippen molar-refractivity contribution in [2.24, 2.45) is 189 Å². The van der Waals surface area contributed by atoms with Gasteiger partial charge < -0.3 is 0 Å². The molecule has 0 aliphatic heterocycles. The Hall–Kier alpha value is -2.08. The van der Waals surface area contributed by atoms with E-state index in [0.29, 0.717) is 0 Å². The molecule has 0 atom stereocenters. The molecule has 16 rings (SSSR count). The molecule has 0 bridgehead atoms. The second-order valence-electron chi connectivity index (χ2n) is 55.4. The largest absolute Gasteiger partial charge is 0.103 e. The summed E-state index contributed by atoms with van der Waals surface area (Å²) >= 11 is 0. The van der Waals surface area contributed by atoms with Crippen molar-refractivity contribution in [2.75, 3.05) is 0 Å². The lowest BCUT2D eigenvalue weighted by molar-refractivity contribution is 0.151. The van der Waals surface area contributed by atoms with Gasteiger partial charge in [-0.1, -0.05) is 379 Å². The van der Waals surface area contributed by atoms with Gasteiger partial charge in [0, 0.05) is 0 Å². The Balaban J connectivity index is 0.000000187. The average Bonchev–Trinajstić information content (AvgIpc) is 0.895. The lowest BCUT2D eigenvalue weighted by Gasteiger charge is -2.37. The zero-order valence-electron chi connectivity index (χ0n) is 102. The standard InChI is InChI=1S/2C20H36.2C19H34.2C18H32.C17H30.C16H28/c2*1-3-5-6-8-18-11-15-20(16-12-18)19-13-9-17(7-4-2)10-14-19;1-3-5-6-7-17-10-14-19(15-11-17)18-12-8-16(4-2)9-13-18;1-3-5-7-17-10-14-19(15-11-17)18-12-8-16(6-4-2)9-13-18;1-3-5-6-16-9-13-18(14-10-16)17-11-7-15(4-2)8-12-17;1-3-5-15-7-11-17(12-8-15)18-13-9-16(6-4-2)10-14-18;1-3-5-15-8-12-17(13-9-15)16-10-6-14(4-2)7-11-16;1-3-13-5-9-15(10-6-13)16-11-7-14(4-2)8-12-16/h2*4,7,17-20H,3,5-6,8-16H2,1-2H3;4,16-19H,2-3,5-15H2,1H3;4,6,16-19H,3,5,7-15H2,1-2H3;4,15-18H,2-3,5-14H2,1H3;3,5,15-18H,4,6-14H2,1-2H3;4,14-17H,2-3,5-13H2,1H3;3,13-16H,1,4-12H2,2H3/b2*7-4+;;6-4+;;5-3+;;. The molecule has 0 radical (unpaired) electrons. The van der Waals surface area contributed by atoms with E-state index in [1.807, 2.05) is 0 Å². The molecule has 0 aromatic rings. The Kier molecular flexibility index (Phi) is 69.0. The highest BCUT2D eigenvalue weighted by Gasteiger charge is 2.40. The van der Waals surface area contributed by atoms with Crippen molar-refractivity contribution >= 4 is 0 Å². The highest BCUT2D eigenvalue weighted by molar-refractivity contribution is 4.99. The third kappa shape index (κ3) is 49.9. The van der Waals surface area contributed by atoms with Gasteiger partial charge in [-0.25, -0.2) is 0 Å². The fourth-order valence-electron chi connectivity index (χ4n) is 35.3. The number of hydrogen-bond donors (Lipinski definition) is 0. The molecular weight excluding hydrogens is 1770 g/mol. The van der Waals surface area contributed by atoms with E-state index < -0.39 is 0 Å². The molecule has 147 heavy (non-hydrogen) atoms. The third-order valence-electron chi connectivity index (χ3n) is 45.7. The molecule has 850 valence electrons. The van der Waals surface area contributed by atoms with Crippen molar-refractivity contribution < 1.29 is 0 Å². The van der Waals surface area contributed by atoms with Crippen LogP contribution in [0.1, 0.15) is 642 Å². The Morgan fingerprint density at radius 1 is 0.136 bits per heavy atom. The van der Waals surface area contributed by atoms with E-state index in [-0.39, 0.29) is 0 Å². The molecule has 0 N–H and O–H groups in total. The van der Waals surface area contributed by atoms with Crippen LogP contribution in [0, 0.1) is 189 Å². The van der Waals surface area contributed by atoms with Crippen LogP contribution in [0.5, 0.6) is 0 Å². The quantitative estimate of drug-likeness (QED) is 0.0425. The van der Waals surface area contributed by atoms with E-state index in [2.05, 4.69) is 182 Å². The van der Waals surface area contributed by atoms with E-state index in [1.54, 1.807) is 103 Å². The van der Waals surface area contributed by atoms with Crippen molar-refractivity contribution in [3.05, 3.63) is 99.2 Å². The minimum Gasteiger partial charge on any atom is -0.103 e. The molecule has 0 spiro atoms. The van der Waals surface area contributed by atoms with Gasteiger partial charge in [-0.2, -0.15) is 0 Å². The van der Waals surface area contributed by atoms with E-state index in [1.165, 1.54) is 456 Å². The SMILES string of the molecule is C/C=C/C1CCC(C2CCC(CCC)CC2)CC1.C/C=C/C1CCC(C2CCC(CCCC)CC2)CC1.C/C=C/C1CCC(C2CCC(CCCCC)CC2)CC1.C/C=C/C1CCC(C2CCC(CCCCC)CC2)CC1.C=CC1CCC(C2CCC(CC)CC2)CC1.C=CC1CCC(C2CCC(CCC)CC2)CC1.C=CC1CCC(C2CCC(CCCC)CC2)CC1.C=CC1CCC(C2CCC(CCCCC)CC2)CC1. The van der Waals surface area contributed by atoms with E-state index in [4.69, 9.17) is 0 Å². The molecule has 0 heteroatoms. The number of hydrogen-bond acceptors (Lipinski definition) is 0. The maximum atomic E-state index is 3.97. The summed E-state index contributed by atoms with van der Waals surface area (Å²) in [5, 5.41) is 0. The molecule has 0 saturated heterocycles. The Morgan fingerprint density at radius 3 is 0.395 bits per heavy atom. The van der Waals surface area contributed by atoms with Crippen LogP contribution in [0.25, 0.3) is 0 Å². The molecule has 0 aromatic carbocycles. The van der Waals surface area contributed by atoms with E-state index in [0.717, 1.165) is 189 Å². The lowest BCUT2D eigenvalue weighted by atomic mass is 9.68. The Morgan fingerprint density at radius 2 is 0.265 bits per heavy atom. The van der Waals surface area contributed by atoms with Gasteiger partial charge in [0.2, 0.25) is 0 Å². The third-order valence-corrected chi connectivity index (χ3v) is 45.7. The zero-order valence-corrected chi connectivity index (χ0v) is 102. The van der Waals surface area contributed by atoms with E-state index in [9.17, 15) is 0 Å². The second kappa shape index (κ2) is 79.0. The fraction of sp³-hybridized carbons (Fsp3) is 0.891. The zero-order chi connectivity index (χ0) is 104. The van der Waals surface area contributed by atoms with Crippen molar-refractivity contribution in [1.82, 2.24) is 0 Å². The normalized spacial score (nSPS) is 37.2. The van der Waals surface area contributed by atoms with Crippen molar-refractivity contribution in [3.8, 4) is 0 Å². The van der Waals surface area contributed by atoms with Gasteiger partial charge in [0.15, 0.2) is 0 Å². The summed E-state index contributed by atoms with van der Waals surface area (Å²) in [5.41, 5.74) is 0. The summed E-state index contributed by atoms with van der Waals surface area (Å²) < 4.78 is 0. The van der Waals surface area contributed by atoms with Crippen LogP contribution < -0.4 is 0 Å². The van der Waals surface area contributed by atoms with Gasteiger partial charge in [-0.15, -0.1) is 26.3 Å². The maximum absolute atomic E-state index is 3.97. The summed E-state index contributed by atoms with van der Waals surface area (Å²) in [6.07, 6.45) is 157. The van der Waals surface area contributed by atoms with Crippen LogP contribution >= 0.6 is 0 Å². The van der Waals surface area contributed by atoms with Crippen LogP contribution in [-0.4, -0.2) is 0 Å². The summed E-state index contributed by atoms with van der Waals surface area (Å²) in [6, 6.07) is 0. The average molecular weight is 2030 g/mol. The Labute approximate surface area is 923 Å². The van der Waals surface area contributed by atoms with Gasteiger partial charge in [0.1, 0.15) is 0 Å². The van der Waals surface area contributed by atoms with Crippen LogP contribution in [0.2, 0.25) is 0 Å². The van der Waals surface area contributed by atoms with Gasteiger partial charge >= 0.3 is 0 Å². The van der Waals surface area contributed by atoms with Crippen molar-refractivity contribution in [1.29, 1.82) is 0 Å². The van der Waals surface area contributed by atoms with Gasteiger partial charge in [-0.3, -0.25) is 0 Å². The molecule has 0 nitrogen and oxygen atoms in total. The molecule has 0 aromatic heterocycles. The summed E-state index contributed by atoms with van der Waals surface area (Å²) in [6.45, 7) is 43.2. The van der Waals surface area contributed by atoms with Gasteiger partial charge in [-0.05, 0) is 525 Å². The lowest BCUT2D eigenvalue weighted by Crippen LogP contribution is -2.25. The minimum absolute atomic E-state index is 0.835. The number of unbranched alkanes of at least 4 members (excludes halogenated alkanes) is 8. The molecule has 0 heterocycles. The Bertz CT molecular complexity index is 3120. The molecule has 0 unspecified atom stereocenters. The topological polar surface area (TPSA) is 0 Å². The maximum Gasteiger partial charge on any atom is -0.0233 e. The second-order valence-corrected chi connectivity index (χ2v) is 55.4. The number of allylic oxidation sites excluding steroid dienone is 12. The van der Waals surface area contributed by atoms with Crippen LogP contribution in [0.15, 0.2) is 99.2 Å². The first-order valence-corrected chi connectivity index (χ1v) is 69.2. The first-order chi connectivity index (χ1) is 72.1. The molecular formula is C147H262. The highest BCUT2D eigenvalue weighted by atomic mass is 14.5. The monoisotopic (exact) mass is 2030 g/mol. The summed E-state index contributed by atoms with van der Waals surface area (Å²) in [7, 11) is 0. The fourth-order valence-corrected chi connectivity index (χ4v) is 35.3. The first kappa shape index (κ1) is 128. The van der Waals surface area contributed by atoms with Crippen LogP contribution in [0.3, 0.4) is 0 Å². The first-order valence-electron chi connectivity index (χ1n) is 69.2. The van der Waals surface area contributed by atoms with Crippen molar-refractivity contribution in [2.45, 2.75) is 642 Å². The van der Waals surface area contributed by atoms with Crippen molar-refractivity contribution in [3.63, 3.8) is 0 Å². The highest BCUT2D eigenvalue weighted by Crippen LogP contribution is 2.52. The minimum atomic E-state index is 0.835. The van der Waals surface area contributed by atoms with Crippen LogP contribution in [0.4, 0.5) is 0 Å². The molecule has 16 fully saturated rings. The predicted molar refractivity (Wildman–Crippen MR) is 659 cm³/mol. The molecule has 16 aliphatic rings. The smallest absolute Gasteiger partial charge is 0.0233 e. The van der Waals surface area contributed by atoms with Crippen LogP contribution in [-0.2, 0) is 0 Å². The molecule has 16 aliphatic carbocycles. The molecule has 16 saturated carbocycles. The van der Waals surface area contributed by atoms with E-state index >= 15 is 0 Å². The summed E-state index contributed by atoms with van der Waals surface area (Å²) in [5.74, 6) is 32.8. The predicted octanol–water partition coefficient (Wildman–Crippen LogP) is 49.0. The van der Waals surface area contributed by atoms with Gasteiger partial charge in [0.25, 0.3) is 0 Å².